The minimum Gasteiger partial charge on any atom is -0.360 e. The average molecular weight is 465 g/mol. The number of hydrogen-bond donors (Lipinski definition) is 3. The van der Waals surface area contributed by atoms with Gasteiger partial charge in [-0.15, -0.1) is 0 Å². The summed E-state index contributed by atoms with van der Waals surface area (Å²) in [7, 11) is 1.85. The summed E-state index contributed by atoms with van der Waals surface area (Å²) in [6.45, 7) is 2.00. The molecule has 0 bridgehead atoms. The Hall–Kier alpha value is -3.72. The van der Waals surface area contributed by atoms with Gasteiger partial charge in [0.1, 0.15) is 17.5 Å². The number of aromatic nitrogens is 3. The third-order valence-corrected chi connectivity index (χ3v) is 5.59. The number of pyridine rings is 1. The van der Waals surface area contributed by atoms with Crippen molar-refractivity contribution in [3.8, 4) is 11.1 Å². The molecule has 0 unspecified atom stereocenters. The van der Waals surface area contributed by atoms with E-state index in [0.717, 1.165) is 23.0 Å². The summed E-state index contributed by atoms with van der Waals surface area (Å²) >= 11 is 1.45. The molecular weight excluding hydrogens is 442 g/mol. The van der Waals surface area contributed by atoms with E-state index in [1.807, 2.05) is 38.5 Å². The topological polar surface area (TPSA) is 78.6 Å². The van der Waals surface area contributed by atoms with Crippen LogP contribution in [0.2, 0.25) is 0 Å². The van der Waals surface area contributed by atoms with Crippen molar-refractivity contribution in [1.82, 2.24) is 20.1 Å². The highest BCUT2D eigenvalue weighted by Crippen LogP contribution is 2.30. The van der Waals surface area contributed by atoms with Gasteiger partial charge in [-0.2, -0.15) is 5.10 Å². The smallest absolute Gasteiger partial charge is 0.137 e. The molecule has 168 valence electrons. The first kappa shape index (κ1) is 22.5. The normalized spacial score (nSPS) is 14.5. The van der Waals surface area contributed by atoms with E-state index >= 15 is 0 Å². The Morgan fingerprint density at radius 2 is 2.06 bits per heavy atom. The summed E-state index contributed by atoms with van der Waals surface area (Å²) in [6.07, 6.45) is 10.5. The molecule has 0 amide bonds. The first-order chi connectivity index (χ1) is 16.0. The van der Waals surface area contributed by atoms with Crippen molar-refractivity contribution < 1.29 is 8.78 Å². The number of nitrogens with one attached hydrogen (secondary N) is 3. The van der Waals surface area contributed by atoms with Crippen LogP contribution in [0.4, 0.5) is 14.6 Å². The molecule has 1 aliphatic heterocycles. The fraction of sp³-hybridized carbons (Fsp3) is 0.125. The molecule has 3 N–H and O–H groups in total. The number of rotatable bonds is 7. The zero-order valence-electron chi connectivity index (χ0n) is 18.1. The van der Waals surface area contributed by atoms with Crippen LogP contribution in [0, 0.1) is 17.0 Å². The monoisotopic (exact) mass is 464 g/mol. The van der Waals surface area contributed by atoms with E-state index in [2.05, 4.69) is 20.1 Å². The van der Waals surface area contributed by atoms with Crippen LogP contribution in [0.1, 0.15) is 18.2 Å². The maximum Gasteiger partial charge on any atom is 0.137 e. The average Bonchev–Trinajstić information content (AvgIpc) is 3.25. The maximum atomic E-state index is 14.5. The molecule has 0 aliphatic carbocycles. The van der Waals surface area contributed by atoms with Crippen molar-refractivity contribution in [2.75, 3.05) is 10.5 Å². The lowest BCUT2D eigenvalue weighted by molar-refractivity contribution is 0.585. The second kappa shape index (κ2) is 9.83. The van der Waals surface area contributed by atoms with Crippen LogP contribution in [-0.2, 0) is 7.05 Å². The quantitative estimate of drug-likeness (QED) is 0.322. The number of halogens is 2. The van der Waals surface area contributed by atoms with E-state index in [1.165, 1.54) is 30.3 Å². The molecule has 0 fully saturated rings. The number of benzene rings is 1. The summed E-state index contributed by atoms with van der Waals surface area (Å²) in [5.41, 5.74) is 4.39. The Kier molecular flexibility index (Phi) is 6.69. The number of anilines is 1. The van der Waals surface area contributed by atoms with Crippen LogP contribution in [-0.4, -0.2) is 26.7 Å². The van der Waals surface area contributed by atoms with Gasteiger partial charge in [-0.1, -0.05) is 24.9 Å². The van der Waals surface area contributed by atoms with Crippen LogP contribution >= 0.6 is 11.9 Å². The van der Waals surface area contributed by atoms with Gasteiger partial charge < -0.3 is 15.4 Å². The largest absolute Gasteiger partial charge is 0.360 e. The van der Waals surface area contributed by atoms with E-state index in [-0.39, 0.29) is 5.56 Å². The first-order valence-electron chi connectivity index (χ1n) is 10.2. The summed E-state index contributed by atoms with van der Waals surface area (Å²) in [4.78, 5) is 4.63. The second-order valence-electron chi connectivity index (χ2n) is 7.24. The van der Waals surface area contributed by atoms with Crippen molar-refractivity contribution in [2.45, 2.75) is 6.92 Å². The highest BCUT2D eigenvalue weighted by atomic mass is 32.2. The Balaban J connectivity index is 1.75. The van der Waals surface area contributed by atoms with E-state index in [1.54, 1.807) is 23.0 Å². The fourth-order valence-corrected chi connectivity index (χ4v) is 3.77. The Labute approximate surface area is 194 Å². The van der Waals surface area contributed by atoms with Crippen LogP contribution in [0.15, 0.2) is 66.8 Å². The lowest BCUT2D eigenvalue weighted by Crippen LogP contribution is -2.11. The van der Waals surface area contributed by atoms with Gasteiger partial charge in [0.15, 0.2) is 0 Å². The Morgan fingerprint density at radius 1 is 1.21 bits per heavy atom. The first-order valence-corrected chi connectivity index (χ1v) is 11.2. The molecule has 33 heavy (non-hydrogen) atoms. The molecule has 3 aromatic rings. The molecule has 0 radical (unpaired) electrons. The van der Waals surface area contributed by atoms with Gasteiger partial charge in [0.25, 0.3) is 0 Å². The van der Waals surface area contributed by atoms with E-state index in [0.29, 0.717) is 28.3 Å². The van der Waals surface area contributed by atoms with Gasteiger partial charge in [0, 0.05) is 65.4 Å². The molecule has 4 rings (SSSR count). The third kappa shape index (κ3) is 5.04. The summed E-state index contributed by atoms with van der Waals surface area (Å²) in [6, 6.07) is 6.88. The minimum atomic E-state index is -0.662. The lowest BCUT2D eigenvalue weighted by atomic mass is 10.0. The number of allylic oxidation sites excluding steroid dienone is 4. The Morgan fingerprint density at radius 3 is 2.70 bits per heavy atom. The highest BCUT2D eigenvalue weighted by Gasteiger charge is 2.15. The van der Waals surface area contributed by atoms with Gasteiger partial charge >= 0.3 is 0 Å². The van der Waals surface area contributed by atoms with E-state index in [4.69, 9.17) is 5.41 Å². The second-order valence-corrected chi connectivity index (χ2v) is 8.31. The zero-order valence-corrected chi connectivity index (χ0v) is 18.9. The minimum absolute atomic E-state index is 0.254. The Bertz CT molecular complexity index is 1290. The van der Waals surface area contributed by atoms with Gasteiger partial charge in [-0.3, -0.25) is 4.68 Å². The molecular formula is C24H22F2N6S. The molecule has 0 saturated heterocycles. The summed E-state index contributed by atoms with van der Waals surface area (Å²) < 4.78 is 32.8. The van der Waals surface area contributed by atoms with Crippen molar-refractivity contribution in [2.24, 2.45) is 7.05 Å². The van der Waals surface area contributed by atoms with E-state index < -0.39 is 11.6 Å². The highest BCUT2D eigenvalue weighted by molar-refractivity contribution is 8.00. The molecule has 1 aliphatic rings. The SMILES string of the molecule is CCSNc1cc(-c2ccc(F)cc2F)cc(/C(C=N)=C2\C=CC(c3cnn(C)c3)=CN2)n1. The number of nitrogens with zero attached hydrogens (tertiary/aromatic N) is 3. The molecule has 0 spiro atoms. The number of aryl methyl sites for hydroxylation is 1. The van der Waals surface area contributed by atoms with E-state index in [9.17, 15) is 8.78 Å². The standard InChI is InChI=1S/C24H22F2N6S/c1-3-33-31-24-9-16(19-6-5-18(25)10-21(19)26)8-23(30-24)20(11-27)22-7-4-15(12-28-22)17-13-29-32(2)14-17/h4-14,27-28H,3H2,1-2H3,(H,30,31)/b22-20+,27-11?. The van der Waals surface area contributed by atoms with Gasteiger partial charge in [-0.25, -0.2) is 13.8 Å². The summed E-state index contributed by atoms with van der Waals surface area (Å²) in [5.74, 6) is 0.0200. The van der Waals surface area contributed by atoms with Gasteiger partial charge in [-0.05, 0) is 35.9 Å². The molecule has 9 heteroatoms. The zero-order chi connectivity index (χ0) is 23.4. The predicted molar refractivity (Wildman–Crippen MR) is 131 cm³/mol. The van der Waals surface area contributed by atoms with Crippen LogP contribution < -0.4 is 10.0 Å². The van der Waals surface area contributed by atoms with Crippen LogP contribution in [0.3, 0.4) is 0 Å². The lowest BCUT2D eigenvalue weighted by Gasteiger charge is -2.16. The van der Waals surface area contributed by atoms with Gasteiger partial charge in [0.05, 0.1) is 11.9 Å². The molecule has 0 saturated carbocycles. The maximum absolute atomic E-state index is 14.5. The van der Waals surface area contributed by atoms with Crippen LogP contribution in [0.25, 0.3) is 22.3 Å². The van der Waals surface area contributed by atoms with Gasteiger partial charge in [0.2, 0.25) is 0 Å². The molecule has 0 atom stereocenters. The molecule has 1 aromatic carbocycles. The fourth-order valence-electron chi connectivity index (χ4n) is 3.38. The van der Waals surface area contributed by atoms with Crippen molar-refractivity contribution >= 4 is 35.1 Å². The van der Waals surface area contributed by atoms with Crippen molar-refractivity contribution in [3.05, 3.63) is 89.7 Å². The number of hydrogen-bond acceptors (Lipinski definition) is 6. The van der Waals surface area contributed by atoms with Crippen molar-refractivity contribution in [3.63, 3.8) is 0 Å². The molecule has 2 aromatic heterocycles. The summed E-state index contributed by atoms with van der Waals surface area (Å²) in [5, 5.41) is 15.4. The number of dihydropyridines is 1. The van der Waals surface area contributed by atoms with Crippen LogP contribution in [0.5, 0.6) is 0 Å². The van der Waals surface area contributed by atoms with Crippen molar-refractivity contribution in [1.29, 1.82) is 5.41 Å². The molecule has 3 heterocycles. The third-order valence-electron chi connectivity index (χ3n) is 4.95. The predicted octanol–water partition coefficient (Wildman–Crippen LogP) is 5.40. The molecule has 6 nitrogen and oxygen atoms in total.